The highest BCUT2D eigenvalue weighted by Gasteiger charge is 2.22. The van der Waals surface area contributed by atoms with E-state index in [1.54, 1.807) is 6.07 Å². The Hall–Kier alpha value is -3.80. The van der Waals surface area contributed by atoms with Crippen molar-refractivity contribution in [2.24, 2.45) is 0 Å². The molecule has 3 N–H and O–H groups in total. The van der Waals surface area contributed by atoms with Crippen LogP contribution >= 0.6 is 0 Å². The third kappa shape index (κ3) is 5.83. The fourth-order valence-corrected chi connectivity index (χ4v) is 4.41. The summed E-state index contributed by atoms with van der Waals surface area (Å²) in [6, 6.07) is 19.6. The largest absolute Gasteiger partial charge is 0.366 e. The number of carbonyl (C=O) groups is 2. The molecular weight excluding hydrogens is 436 g/mol. The van der Waals surface area contributed by atoms with E-state index in [1.807, 2.05) is 58.0 Å². The Morgan fingerprint density at radius 3 is 2.49 bits per heavy atom. The van der Waals surface area contributed by atoms with Crippen molar-refractivity contribution in [3.63, 3.8) is 0 Å². The lowest BCUT2D eigenvalue weighted by Gasteiger charge is -2.32. The third-order valence-corrected chi connectivity index (χ3v) is 6.59. The molecule has 3 amide bonds. The first kappa shape index (κ1) is 24.3. The van der Waals surface area contributed by atoms with Gasteiger partial charge in [-0.05, 0) is 74.6 Å². The summed E-state index contributed by atoms with van der Waals surface area (Å²) in [6.45, 7) is 9.61. The summed E-state index contributed by atoms with van der Waals surface area (Å²) in [7, 11) is 0. The van der Waals surface area contributed by atoms with Crippen LogP contribution in [0.2, 0.25) is 0 Å². The second-order valence-corrected chi connectivity index (χ2v) is 9.35. The topological polar surface area (TPSA) is 73.5 Å². The first-order valence-corrected chi connectivity index (χ1v) is 12.3. The third-order valence-electron chi connectivity index (χ3n) is 6.59. The van der Waals surface area contributed by atoms with Crippen LogP contribution in [0.15, 0.2) is 60.7 Å². The van der Waals surface area contributed by atoms with Gasteiger partial charge in [-0.3, -0.25) is 4.79 Å². The van der Waals surface area contributed by atoms with E-state index in [-0.39, 0.29) is 18.0 Å². The van der Waals surface area contributed by atoms with E-state index in [1.165, 1.54) is 11.1 Å². The van der Waals surface area contributed by atoms with E-state index in [9.17, 15) is 9.59 Å². The maximum absolute atomic E-state index is 13.3. The van der Waals surface area contributed by atoms with Crippen LogP contribution in [0.3, 0.4) is 0 Å². The van der Waals surface area contributed by atoms with Crippen LogP contribution in [0.25, 0.3) is 0 Å². The van der Waals surface area contributed by atoms with Gasteiger partial charge in [-0.25, -0.2) is 4.79 Å². The lowest BCUT2D eigenvalue weighted by atomic mass is 9.98. The molecule has 0 fully saturated rings. The Bertz CT molecular complexity index is 1240. The van der Waals surface area contributed by atoms with E-state index in [2.05, 4.69) is 45.1 Å². The number of carbonyl (C=O) groups excluding carboxylic acids is 2. The fourth-order valence-electron chi connectivity index (χ4n) is 4.41. The molecule has 35 heavy (non-hydrogen) atoms. The average Bonchev–Trinajstić information content (AvgIpc) is 2.85. The molecule has 0 saturated carbocycles. The zero-order valence-corrected chi connectivity index (χ0v) is 20.9. The van der Waals surface area contributed by atoms with Crippen molar-refractivity contribution in [2.45, 2.75) is 53.1 Å². The van der Waals surface area contributed by atoms with Crippen LogP contribution in [-0.4, -0.2) is 24.5 Å². The number of fused-ring (bicyclic) bond motifs is 1. The summed E-state index contributed by atoms with van der Waals surface area (Å²) in [4.78, 5) is 28.2. The van der Waals surface area contributed by atoms with Gasteiger partial charge >= 0.3 is 6.03 Å². The molecule has 0 spiro atoms. The minimum Gasteiger partial charge on any atom is -0.366 e. The maximum atomic E-state index is 13.3. The molecule has 4 rings (SSSR count). The first-order chi connectivity index (χ1) is 16.8. The first-order valence-electron chi connectivity index (χ1n) is 12.3. The SMILES string of the molecule is CCC(C)NC(=O)c1cc(NC(=O)Nc2ccc(C)cc2C)ccc1N1CCc2ccccc2C1. The van der Waals surface area contributed by atoms with Gasteiger partial charge in [-0.1, -0.05) is 48.9 Å². The van der Waals surface area contributed by atoms with Crippen molar-refractivity contribution in [3.8, 4) is 0 Å². The molecule has 0 bridgehead atoms. The predicted octanol–water partition coefficient (Wildman–Crippen LogP) is 6.04. The van der Waals surface area contributed by atoms with Gasteiger partial charge in [0.2, 0.25) is 0 Å². The van der Waals surface area contributed by atoms with Crippen LogP contribution in [0.5, 0.6) is 0 Å². The zero-order chi connectivity index (χ0) is 24.9. The number of nitrogens with one attached hydrogen (secondary N) is 3. The van der Waals surface area contributed by atoms with Crippen LogP contribution in [-0.2, 0) is 13.0 Å². The minimum absolute atomic E-state index is 0.0573. The van der Waals surface area contributed by atoms with Gasteiger partial charge in [0.15, 0.2) is 0 Å². The molecule has 1 aliphatic rings. The predicted molar refractivity (Wildman–Crippen MR) is 143 cm³/mol. The number of rotatable bonds is 6. The lowest BCUT2D eigenvalue weighted by Crippen LogP contribution is -2.36. The van der Waals surface area contributed by atoms with Gasteiger partial charge in [-0.15, -0.1) is 0 Å². The molecule has 3 aromatic carbocycles. The molecule has 1 unspecified atom stereocenters. The molecule has 0 saturated heterocycles. The van der Waals surface area contributed by atoms with Gasteiger partial charge in [-0.2, -0.15) is 0 Å². The average molecular weight is 471 g/mol. The smallest absolute Gasteiger partial charge is 0.323 e. The van der Waals surface area contributed by atoms with E-state index < -0.39 is 0 Å². The summed E-state index contributed by atoms with van der Waals surface area (Å²) in [5.41, 5.74) is 7.54. The zero-order valence-electron chi connectivity index (χ0n) is 20.9. The van der Waals surface area contributed by atoms with E-state index in [4.69, 9.17) is 0 Å². The second-order valence-electron chi connectivity index (χ2n) is 9.35. The second kappa shape index (κ2) is 10.6. The van der Waals surface area contributed by atoms with E-state index in [0.717, 1.165) is 48.4 Å². The fraction of sp³-hybridized carbons (Fsp3) is 0.310. The highest BCUT2D eigenvalue weighted by Crippen LogP contribution is 2.30. The monoisotopic (exact) mass is 470 g/mol. The van der Waals surface area contributed by atoms with E-state index >= 15 is 0 Å². The van der Waals surface area contributed by atoms with Crippen LogP contribution in [0.1, 0.15) is 52.9 Å². The molecule has 6 nitrogen and oxygen atoms in total. The van der Waals surface area contributed by atoms with Crippen LogP contribution in [0, 0.1) is 13.8 Å². The molecule has 1 atom stereocenters. The molecule has 6 heteroatoms. The Morgan fingerprint density at radius 2 is 1.74 bits per heavy atom. The maximum Gasteiger partial charge on any atom is 0.323 e. The number of amides is 3. The lowest BCUT2D eigenvalue weighted by molar-refractivity contribution is 0.0939. The number of hydrogen-bond acceptors (Lipinski definition) is 3. The molecule has 0 radical (unpaired) electrons. The number of urea groups is 1. The number of hydrogen-bond donors (Lipinski definition) is 3. The molecule has 182 valence electrons. The summed E-state index contributed by atoms with van der Waals surface area (Å²) in [5.74, 6) is -0.133. The highest BCUT2D eigenvalue weighted by molar-refractivity contribution is 6.04. The van der Waals surface area contributed by atoms with Crippen molar-refractivity contribution >= 4 is 29.0 Å². The number of nitrogens with zero attached hydrogens (tertiary/aromatic N) is 1. The van der Waals surface area contributed by atoms with Crippen molar-refractivity contribution in [1.29, 1.82) is 0 Å². The number of benzene rings is 3. The molecule has 1 aliphatic heterocycles. The summed E-state index contributed by atoms with van der Waals surface area (Å²) in [6.07, 6.45) is 1.77. The Morgan fingerprint density at radius 1 is 0.971 bits per heavy atom. The summed E-state index contributed by atoms with van der Waals surface area (Å²) in [5, 5.41) is 8.88. The molecule has 0 aliphatic carbocycles. The minimum atomic E-state index is -0.343. The van der Waals surface area contributed by atoms with Crippen molar-refractivity contribution < 1.29 is 9.59 Å². The molecular formula is C29H34N4O2. The van der Waals surface area contributed by atoms with Crippen molar-refractivity contribution in [2.75, 3.05) is 22.1 Å². The standard InChI is InChI=1S/C29H34N4O2/c1-5-21(4)30-28(34)25-17-24(31-29(35)32-26-12-10-19(2)16-20(26)3)11-13-27(25)33-15-14-22-8-6-7-9-23(22)18-33/h6-13,16-17,21H,5,14-15,18H2,1-4H3,(H,30,34)(H2,31,32,35). The van der Waals surface area contributed by atoms with Gasteiger partial charge in [0.05, 0.1) is 5.56 Å². The normalized spacial score (nSPS) is 13.5. The van der Waals surface area contributed by atoms with E-state index in [0.29, 0.717) is 11.3 Å². The Balaban J connectivity index is 1.58. The van der Waals surface area contributed by atoms with Gasteiger partial charge in [0.1, 0.15) is 0 Å². The quantitative estimate of drug-likeness (QED) is 0.411. The van der Waals surface area contributed by atoms with Gasteiger partial charge in [0.25, 0.3) is 5.91 Å². The Labute approximate surface area is 207 Å². The highest BCUT2D eigenvalue weighted by atomic mass is 16.2. The molecule has 3 aromatic rings. The molecule has 0 aromatic heterocycles. The van der Waals surface area contributed by atoms with Crippen LogP contribution < -0.4 is 20.9 Å². The van der Waals surface area contributed by atoms with Crippen molar-refractivity contribution in [1.82, 2.24) is 5.32 Å². The summed E-state index contributed by atoms with van der Waals surface area (Å²) < 4.78 is 0. The number of anilines is 3. The number of aryl methyl sites for hydroxylation is 2. The Kier molecular flexibility index (Phi) is 7.39. The van der Waals surface area contributed by atoms with Gasteiger partial charge in [0, 0.05) is 36.2 Å². The summed E-state index contributed by atoms with van der Waals surface area (Å²) >= 11 is 0. The van der Waals surface area contributed by atoms with Crippen molar-refractivity contribution in [3.05, 3.63) is 88.5 Å². The van der Waals surface area contributed by atoms with Gasteiger partial charge < -0.3 is 20.9 Å². The van der Waals surface area contributed by atoms with Crippen LogP contribution in [0.4, 0.5) is 21.9 Å². The molecule has 1 heterocycles.